The molecule has 0 saturated heterocycles. The van der Waals surface area contributed by atoms with E-state index in [0.29, 0.717) is 18.3 Å². The number of hydrogen-bond donors (Lipinski definition) is 1. The summed E-state index contributed by atoms with van der Waals surface area (Å²) in [4.78, 5) is 3.97. The molecule has 0 aliphatic rings. The van der Waals surface area contributed by atoms with Crippen LogP contribution < -0.4 is 5.32 Å². The van der Waals surface area contributed by atoms with Gasteiger partial charge < -0.3 is 9.84 Å². The van der Waals surface area contributed by atoms with Crippen LogP contribution in [-0.2, 0) is 13.1 Å². The van der Waals surface area contributed by atoms with Gasteiger partial charge in [-0.1, -0.05) is 17.3 Å². The van der Waals surface area contributed by atoms with Gasteiger partial charge in [-0.2, -0.15) is 4.98 Å². The van der Waals surface area contributed by atoms with Crippen molar-refractivity contribution in [2.75, 3.05) is 0 Å². The molecule has 90 valence electrons. The summed E-state index contributed by atoms with van der Waals surface area (Å²) in [5.74, 6) is -0.720. The monoisotopic (exact) mass is 239 g/mol. The zero-order chi connectivity index (χ0) is 12.3. The van der Waals surface area contributed by atoms with Crippen molar-refractivity contribution in [3.05, 3.63) is 47.1 Å². The number of rotatable bonds is 4. The molecular formula is C11H11F2N3O. The van der Waals surface area contributed by atoms with E-state index in [4.69, 9.17) is 4.52 Å². The third kappa shape index (κ3) is 2.85. The number of benzene rings is 1. The van der Waals surface area contributed by atoms with Gasteiger partial charge in [-0.15, -0.1) is 0 Å². The summed E-state index contributed by atoms with van der Waals surface area (Å²) in [6.07, 6.45) is 0. The van der Waals surface area contributed by atoms with Gasteiger partial charge in [0.2, 0.25) is 5.89 Å². The van der Waals surface area contributed by atoms with Crippen LogP contribution in [0.25, 0.3) is 0 Å². The van der Waals surface area contributed by atoms with E-state index in [0.717, 1.165) is 6.07 Å². The lowest BCUT2D eigenvalue weighted by Gasteiger charge is -2.04. The Hall–Kier alpha value is -1.82. The predicted molar refractivity (Wildman–Crippen MR) is 55.9 cm³/mol. The third-order valence-corrected chi connectivity index (χ3v) is 2.20. The minimum absolute atomic E-state index is 0.206. The van der Waals surface area contributed by atoms with Gasteiger partial charge in [0.15, 0.2) is 17.5 Å². The Morgan fingerprint density at radius 2 is 2.12 bits per heavy atom. The highest BCUT2D eigenvalue weighted by molar-refractivity contribution is 5.18. The van der Waals surface area contributed by atoms with Gasteiger partial charge in [0.1, 0.15) is 0 Å². The molecule has 0 aliphatic carbocycles. The molecule has 0 unspecified atom stereocenters. The molecule has 0 radical (unpaired) electrons. The molecule has 0 bridgehead atoms. The summed E-state index contributed by atoms with van der Waals surface area (Å²) in [6.45, 7) is 2.23. The fourth-order valence-electron chi connectivity index (χ4n) is 1.41. The lowest BCUT2D eigenvalue weighted by molar-refractivity contribution is 0.385. The molecule has 2 rings (SSSR count). The van der Waals surface area contributed by atoms with Gasteiger partial charge in [0.25, 0.3) is 0 Å². The molecule has 0 atom stereocenters. The molecule has 0 fully saturated rings. The molecule has 0 saturated carbocycles. The normalized spacial score (nSPS) is 10.8. The highest BCUT2D eigenvalue weighted by atomic mass is 19.2. The lowest BCUT2D eigenvalue weighted by Crippen LogP contribution is -2.15. The van der Waals surface area contributed by atoms with E-state index in [9.17, 15) is 8.78 Å². The van der Waals surface area contributed by atoms with Gasteiger partial charge in [0.05, 0.1) is 6.54 Å². The fraction of sp³-hybridized carbons (Fsp3) is 0.273. The van der Waals surface area contributed by atoms with Gasteiger partial charge in [0, 0.05) is 19.0 Å². The molecule has 6 heteroatoms. The fourth-order valence-corrected chi connectivity index (χ4v) is 1.41. The van der Waals surface area contributed by atoms with Crippen molar-refractivity contribution < 1.29 is 13.3 Å². The van der Waals surface area contributed by atoms with E-state index in [1.807, 2.05) is 0 Å². The minimum atomic E-state index is -0.847. The van der Waals surface area contributed by atoms with Crippen molar-refractivity contribution >= 4 is 0 Å². The highest BCUT2D eigenvalue weighted by Crippen LogP contribution is 2.10. The Morgan fingerprint density at radius 3 is 2.82 bits per heavy atom. The molecule has 2 aromatic rings. The summed E-state index contributed by atoms with van der Waals surface area (Å²) >= 11 is 0. The van der Waals surface area contributed by atoms with Crippen LogP contribution in [0.5, 0.6) is 0 Å². The largest absolute Gasteiger partial charge is 0.340 e. The standard InChI is InChI=1S/C11H11F2N3O/c1-7-15-10(16-17-7)6-14-5-8-3-2-4-9(12)11(8)13/h2-4,14H,5-6H2,1H3. The Morgan fingerprint density at radius 1 is 1.29 bits per heavy atom. The maximum atomic E-state index is 13.3. The second-order valence-electron chi connectivity index (χ2n) is 3.55. The Balaban J connectivity index is 1.92. The molecule has 0 spiro atoms. The van der Waals surface area contributed by atoms with Crippen molar-refractivity contribution in [2.24, 2.45) is 0 Å². The second kappa shape index (κ2) is 5.01. The molecule has 1 N–H and O–H groups in total. The number of aromatic nitrogens is 2. The summed E-state index contributed by atoms with van der Waals surface area (Å²) in [5.41, 5.74) is 0.269. The third-order valence-electron chi connectivity index (χ3n) is 2.20. The Labute approximate surface area is 96.6 Å². The summed E-state index contributed by atoms with van der Waals surface area (Å²) < 4.78 is 30.9. The first-order chi connectivity index (χ1) is 8.16. The quantitative estimate of drug-likeness (QED) is 0.885. The van der Waals surface area contributed by atoms with Crippen LogP contribution in [0.1, 0.15) is 17.3 Å². The van der Waals surface area contributed by atoms with Crippen LogP contribution in [0.4, 0.5) is 8.78 Å². The average molecular weight is 239 g/mol. The van der Waals surface area contributed by atoms with E-state index in [-0.39, 0.29) is 12.1 Å². The zero-order valence-corrected chi connectivity index (χ0v) is 9.20. The van der Waals surface area contributed by atoms with Crippen molar-refractivity contribution in [3.8, 4) is 0 Å². The number of aryl methyl sites for hydroxylation is 1. The van der Waals surface area contributed by atoms with Crippen LogP contribution in [0.3, 0.4) is 0 Å². The molecule has 4 nitrogen and oxygen atoms in total. The first-order valence-corrected chi connectivity index (χ1v) is 5.09. The maximum absolute atomic E-state index is 13.3. The molecule has 0 aliphatic heterocycles. The SMILES string of the molecule is Cc1nc(CNCc2cccc(F)c2F)no1. The van der Waals surface area contributed by atoms with E-state index >= 15 is 0 Å². The predicted octanol–water partition coefficient (Wildman–Crippen LogP) is 1.95. The van der Waals surface area contributed by atoms with Crippen molar-refractivity contribution in [2.45, 2.75) is 20.0 Å². The molecule has 0 amide bonds. The smallest absolute Gasteiger partial charge is 0.223 e. The second-order valence-corrected chi connectivity index (χ2v) is 3.55. The van der Waals surface area contributed by atoms with Crippen molar-refractivity contribution in [1.29, 1.82) is 0 Å². The molecule has 1 heterocycles. The Bertz CT molecular complexity index is 513. The number of halogens is 2. The van der Waals surface area contributed by atoms with Crippen LogP contribution in [0, 0.1) is 18.6 Å². The van der Waals surface area contributed by atoms with Gasteiger partial charge in [-0.05, 0) is 6.07 Å². The van der Waals surface area contributed by atoms with E-state index in [1.165, 1.54) is 12.1 Å². The average Bonchev–Trinajstić information content (AvgIpc) is 2.70. The molecule has 1 aromatic carbocycles. The number of nitrogens with zero attached hydrogens (tertiary/aromatic N) is 2. The molecule has 17 heavy (non-hydrogen) atoms. The van der Waals surface area contributed by atoms with Crippen LogP contribution in [0.2, 0.25) is 0 Å². The van der Waals surface area contributed by atoms with E-state index in [1.54, 1.807) is 6.92 Å². The van der Waals surface area contributed by atoms with E-state index < -0.39 is 11.6 Å². The van der Waals surface area contributed by atoms with Crippen molar-refractivity contribution in [1.82, 2.24) is 15.5 Å². The maximum Gasteiger partial charge on any atom is 0.223 e. The lowest BCUT2D eigenvalue weighted by atomic mass is 10.2. The highest BCUT2D eigenvalue weighted by Gasteiger charge is 2.07. The number of hydrogen-bond acceptors (Lipinski definition) is 4. The molecular weight excluding hydrogens is 228 g/mol. The van der Waals surface area contributed by atoms with Crippen LogP contribution in [-0.4, -0.2) is 10.1 Å². The van der Waals surface area contributed by atoms with Crippen molar-refractivity contribution in [3.63, 3.8) is 0 Å². The van der Waals surface area contributed by atoms with Gasteiger partial charge >= 0.3 is 0 Å². The Kier molecular flexibility index (Phi) is 3.43. The first kappa shape index (κ1) is 11.7. The minimum Gasteiger partial charge on any atom is -0.340 e. The van der Waals surface area contributed by atoms with E-state index in [2.05, 4.69) is 15.5 Å². The van der Waals surface area contributed by atoms with Gasteiger partial charge in [-0.25, -0.2) is 8.78 Å². The summed E-state index contributed by atoms with van der Waals surface area (Å²) in [6, 6.07) is 4.07. The summed E-state index contributed by atoms with van der Waals surface area (Å²) in [7, 11) is 0. The first-order valence-electron chi connectivity index (χ1n) is 5.09. The van der Waals surface area contributed by atoms with Crippen LogP contribution >= 0.6 is 0 Å². The molecule has 1 aromatic heterocycles. The van der Waals surface area contributed by atoms with Crippen LogP contribution in [0.15, 0.2) is 22.7 Å². The topological polar surface area (TPSA) is 51.0 Å². The summed E-state index contributed by atoms with van der Waals surface area (Å²) in [5, 5.41) is 6.58. The zero-order valence-electron chi connectivity index (χ0n) is 9.20. The van der Waals surface area contributed by atoms with Gasteiger partial charge in [-0.3, -0.25) is 0 Å². The number of nitrogens with one attached hydrogen (secondary N) is 1.